The van der Waals surface area contributed by atoms with Gasteiger partial charge in [-0.05, 0) is 81.4 Å². The molecule has 158 valence electrons. The molecular weight excluding hydrogens is 376 g/mol. The minimum absolute atomic E-state index is 0.0275. The number of nitrogens with zero attached hydrogens (tertiary/aromatic N) is 6. The van der Waals surface area contributed by atoms with Crippen LogP contribution in [0, 0.1) is 30.1 Å². The molecule has 2 aromatic rings. The number of amides is 1. The molecule has 3 heterocycles. The van der Waals surface area contributed by atoms with Gasteiger partial charge >= 0.3 is 0 Å². The van der Waals surface area contributed by atoms with Gasteiger partial charge in [0.2, 0.25) is 5.91 Å². The summed E-state index contributed by atoms with van der Waals surface area (Å²) in [6.07, 6.45) is 9.49. The van der Waals surface area contributed by atoms with Crippen molar-refractivity contribution < 1.29 is 4.79 Å². The maximum absolute atomic E-state index is 13.6. The van der Waals surface area contributed by atoms with E-state index >= 15 is 0 Å². The molecule has 0 atom stereocenters. The van der Waals surface area contributed by atoms with Crippen LogP contribution in [0.4, 0.5) is 5.82 Å². The first-order valence-electron chi connectivity index (χ1n) is 11.5. The highest BCUT2D eigenvalue weighted by Crippen LogP contribution is 2.60. The van der Waals surface area contributed by atoms with E-state index < -0.39 is 0 Å². The summed E-state index contributed by atoms with van der Waals surface area (Å²) in [6, 6.07) is 5.92. The lowest BCUT2D eigenvalue weighted by atomic mass is 9.49. The Morgan fingerprint density at radius 3 is 2.03 bits per heavy atom. The average molecular weight is 407 g/mol. The van der Waals surface area contributed by atoms with E-state index in [2.05, 4.69) is 25.1 Å². The van der Waals surface area contributed by atoms with Crippen molar-refractivity contribution in [3.63, 3.8) is 0 Å². The molecule has 4 aliphatic carbocycles. The van der Waals surface area contributed by atoms with Gasteiger partial charge in [0.05, 0.1) is 11.1 Å². The van der Waals surface area contributed by atoms with Gasteiger partial charge in [-0.3, -0.25) is 4.79 Å². The van der Waals surface area contributed by atoms with Gasteiger partial charge in [0.15, 0.2) is 11.6 Å². The second-order valence-electron chi connectivity index (χ2n) is 10.1. The van der Waals surface area contributed by atoms with Gasteiger partial charge in [0.1, 0.15) is 0 Å². The van der Waals surface area contributed by atoms with Crippen LogP contribution in [0.25, 0.3) is 5.82 Å². The molecule has 2 aromatic heterocycles. The van der Waals surface area contributed by atoms with E-state index in [1.165, 1.54) is 19.3 Å². The second kappa shape index (κ2) is 6.79. The van der Waals surface area contributed by atoms with Crippen molar-refractivity contribution in [3.05, 3.63) is 30.1 Å². The second-order valence-corrected chi connectivity index (χ2v) is 10.1. The molecule has 5 fully saturated rings. The van der Waals surface area contributed by atoms with E-state index in [0.717, 1.165) is 80.5 Å². The molecule has 0 N–H and O–H groups in total. The molecule has 0 unspecified atom stereocenters. The van der Waals surface area contributed by atoms with E-state index in [1.54, 1.807) is 4.68 Å². The fourth-order valence-electron chi connectivity index (χ4n) is 7.00. The maximum atomic E-state index is 13.6. The van der Waals surface area contributed by atoms with Crippen LogP contribution in [0.2, 0.25) is 0 Å². The molecule has 7 nitrogen and oxygen atoms in total. The lowest BCUT2D eigenvalue weighted by Gasteiger charge is -2.57. The van der Waals surface area contributed by atoms with Crippen LogP contribution in [-0.2, 0) is 4.79 Å². The Labute approximate surface area is 177 Å². The van der Waals surface area contributed by atoms with Crippen LogP contribution in [0.15, 0.2) is 24.4 Å². The molecule has 0 spiro atoms. The van der Waals surface area contributed by atoms with Crippen molar-refractivity contribution in [2.24, 2.45) is 23.2 Å². The van der Waals surface area contributed by atoms with E-state index in [1.807, 2.05) is 31.3 Å². The summed E-state index contributed by atoms with van der Waals surface area (Å²) in [6.45, 7) is 5.20. The number of carbonyl (C=O) groups is 1. The summed E-state index contributed by atoms with van der Waals surface area (Å²) >= 11 is 0. The van der Waals surface area contributed by atoms with Gasteiger partial charge in [-0.15, -0.1) is 10.2 Å². The van der Waals surface area contributed by atoms with Gasteiger partial charge in [-0.25, -0.2) is 4.68 Å². The number of aryl methyl sites for hydroxylation is 1. The number of carbonyl (C=O) groups excluding carboxylic acids is 1. The summed E-state index contributed by atoms with van der Waals surface area (Å²) in [5.41, 5.74) is 0.931. The smallest absolute Gasteiger partial charge is 0.228 e. The van der Waals surface area contributed by atoms with Crippen molar-refractivity contribution in [2.45, 2.75) is 45.4 Å². The molecule has 30 heavy (non-hydrogen) atoms. The predicted octanol–water partition coefficient (Wildman–Crippen LogP) is 2.84. The fraction of sp³-hybridized carbons (Fsp3) is 0.652. The highest BCUT2D eigenvalue weighted by Gasteiger charge is 2.55. The molecule has 7 heteroatoms. The van der Waals surface area contributed by atoms with Crippen LogP contribution in [-0.4, -0.2) is 57.0 Å². The molecule has 0 radical (unpaired) electrons. The van der Waals surface area contributed by atoms with Crippen molar-refractivity contribution in [1.82, 2.24) is 24.9 Å². The van der Waals surface area contributed by atoms with Gasteiger partial charge in [-0.2, -0.15) is 5.10 Å². The Balaban J connectivity index is 1.11. The molecule has 7 rings (SSSR count). The monoisotopic (exact) mass is 406 g/mol. The van der Waals surface area contributed by atoms with Crippen LogP contribution in [0.1, 0.15) is 44.2 Å². The van der Waals surface area contributed by atoms with Crippen LogP contribution in [0.3, 0.4) is 0 Å². The normalized spacial score (nSPS) is 32.6. The number of aromatic nitrogens is 4. The molecule has 0 aromatic carbocycles. The maximum Gasteiger partial charge on any atom is 0.228 e. The van der Waals surface area contributed by atoms with Gasteiger partial charge in [-0.1, -0.05) is 0 Å². The Morgan fingerprint density at radius 2 is 1.50 bits per heavy atom. The number of rotatable bonds is 3. The number of hydrogen-bond donors (Lipinski definition) is 0. The van der Waals surface area contributed by atoms with E-state index in [9.17, 15) is 4.79 Å². The molecule has 1 aliphatic heterocycles. The number of hydrogen-bond acceptors (Lipinski definition) is 5. The highest BCUT2D eigenvalue weighted by atomic mass is 16.2. The first-order valence-corrected chi connectivity index (χ1v) is 11.5. The first-order chi connectivity index (χ1) is 14.6. The topological polar surface area (TPSA) is 67.2 Å². The van der Waals surface area contributed by atoms with Gasteiger partial charge in [0.25, 0.3) is 0 Å². The van der Waals surface area contributed by atoms with E-state index in [-0.39, 0.29) is 5.41 Å². The third-order valence-corrected chi connectivity index (χ3v) is 7.98. The molecular formula is C23H30N6O. The Morgan fingerprint density at radius 1 is 0.900 bits per heavy atom. The first kappa shape index (κ1) is 18.3. The zero-order valence-electron chi connectivity index (χ0n) is 17.7. The van der Waals surface area contributed by atoms with E-state index in [4.69, 9.17) is 0 Å². The van der Waals surface area contributed by atoms with Crippen molar-refractivity contribution in [3.8, 4) is 5.82 Å². The van der Waals surface area contributed by atoms with Gasteiger partial charge in [0, 0.05) is 32.4 Å². The Bertz CT molecular complexity index is 908. The lowest BCUT2D eigenvalue weighted by molar-refractivity contribution is -0.158. The standard InChI is InChI=1S/C23H30N6O/c1-16-4-5-29(26-16)21-3-2-20(24-25-21)27-6-8-28(9-7-27)22(30)23-13-17-10-18(14-23)12-19(11-17)15-23/h2-5,17-19H,6-15H2,1H3. The molecule has 1 saturated heterocycles. The third kappa shape index (κ3) is 3.01. The summed E-state index contributed by atoms with van der Waals surface area (Å²) in [5, 5.41) is 13.2. The summed E-state index contributed by atoms with van der Waals surface area (Å²) in [7, 11) is 0. The van der Waals surface area contributed by atoms with Crippen LogP contribution < -0.4 is 4.90 Å². The summed E-state index contributed by atoms with van der Waals surface area (Å²) in [4.78, 5) is 18.0. The Hall–Kier alpha value is -2.44. The van der Waals surface area contributed by atoms with Crippen LogP contribution >= 0.6 is 0 Å². The van der Waals surface area contributed by atoms with Crippen molar-refractivity contribution in [2.75, 3.05) is 31.1 Å². The van der Waals surface area contributed by atoms with Crippen molar-refractivity contribution >= 4 is 11.7 Å². The summed E-state index contributed by atoms with van der Waals surface area (Å²) < 4.78 is 1.74. The highest BCUT2D eigenvalue weighted by molar-refractivity contribution is 5.83. The van der Waals surface area contributed by atoms with Crippen molar-refractivity contribution in [1.29, 1.82) is 0 Å². The minimum atomic E-state index is -0.0275. The largest absolute Gasteiger partial charge is 0.352 e. The SMILES string of the molecule is Cc1ccn(-c2ccc(N3CCN(C(=O)C45CC6CC(CC(C6)C4)C5)CC3)nn2)n1. The zero-order valence-corrected chi connectivity index (χ0v) is 17.7. The predicted molar refractivity (Wildman–Crippen MR) is 113 cm³/mol. The zero-order chi connectivity index (χ0) is 20.3. The number of piperazine rings is 1. The minimum Gasteiger partial charge on any atom is -0.352 e. The van der Waals surface area contributed by atoms with Crippen LogP contribution in [0.5, 0.6) is 0 Å². The molecule has 5 aliphatic rings. The summed E-state index contributed by atoms with van der Waals surface area (Å²) in [5.74, 6) is 4.50. The van der Waals surface area contributed by atoms with Gasteiger partial charge < -0.3 is 9.80 Å². The fourth-order valence-corrected chi connectivity index (χ4v) is 7.00. The average Bonchev–Trinajstić information content (AvgIpc) is 3.19. The van der Waals surface area contributed by atoms with E-state index in [0.29, 0.717) is 5.91 Å². The third-order valence-electron chi connectivity index (χ3n) is 7.98. The molecule has 1 amide bonds. The Kier molecular flexibility index (Phi) is 4.15. The number of anilines is 1. The quantitative estimate of drug-likeness (QED) is 0.784. The molecule has 4 bridgehead atoms. The lowest BCUT2D eigenvalue weighted by Crippen LogP contribution is -2.58. The molecule has 4 saturated carbocycles.